The molecule has 1 aliphatic carbocycles. The fraction of sp³-hybridized carbons (Fsp3) is 0.143. The van der Waals surface area contributed by atoms with Crippen molar-refractivity contribution >= 4 is 21.6 Å². The zero-order chi connectivity index (χ0) is 12.0. The minimum Gasteiger partial charge on any atom is -1.00 e. The van der Waals surface area contributed by atoms with Crippen LogP contribution >= 0.6 is 15.9 Å². The average molecular weight is 471 g/mol. The van der Waals surface area contributed by atoms with Gasteiger partial charge in [0.15, 0.2) is 0 Å². The fourth-order valence-electron chi connectivity index (χ4n) is 2.32. The Morgan fingerprint density at radius 3 is 2.25 bits per heavy atom. The van der Waals surface area contributed by atoms with Crippen molar-refractivity contribution in [2.45, 2.75) is 9.08 Å². The van der Waals surface area contributed by atoms with Gasteiger partial charge in [0.1, 0.15) is 0 Å². The van der Waals surface area contributed by atoms with Gasteiger partial charge in [0.2, 0.25) is 0 Å². The van der Waals surface area contributed by atoms with Crippen molar-refractivity contribution in [1.82, 2.24) is 0 Å². The molecule has 0 N–H and O–H groups in total. The van der Waals surface area contributed by atoms with Crippen LogP contribution in [0.25, 0.3) is 0 Å². The van der Waals surface area contributed by atoms with Crippen LogP contribution < -0.4 is 42.1 Å². The van der Waals surface area contributed by atoms with E-state index >= 15 is 0 Å². The van der Waals surface area contributed by atoms with E-state index < -0.39 is 0 Å². The Labute approximate surface area is 161 Å². The first-order valence-corrected chi connectivity index (χ1v) is 7.52. The van der Waals surface area contributed by atoms with Crippen molar-refractivity contribution in [2.75, 3.05) is 4.90 Å². The van der Waals surface area contributed by atoms with Gasteiger partial charge in [0.25, 0.3) is 0 Å². The topological polar surface area (TPSA) is 3.24 Å². The number of alkyl halides is 1. The summed E-state index contributed by atoms with van der Waals surface area (Å²) in [6.07, 6.45) is 6.81. The summed E-state index contributed by atoms with van der Waals surface area (Å²) in [6.45, 7) is 2.15. The Hall–Kier alpha value is 0.473. The van der Waals surface area contributed by atoms with E-state index in [0.29, 0.717) is 0 Å². The quantitative estimate of drug-likeness (QED) is 0.293. The summed E-state index contributed by atoms with van der Waals surface area (Å²) >= 11 is 5.28. The predicted octanol–water partition coefficient (Wildman–Crippen LogP) is -5.12. The second-order valence-electron chi connectivity index (χ2n) is 4.36. The summed E-state index contributed by atoms with van der Waals surface area (Å²) in [4.78, 5) is 2.37. The van der Waals surface area contributed by atoms with Crippen LogP contribution in [0.15, 0.2) is 65.4 Å². The molecule has 2 aliphatic rings. The van der Waals surface area contributed by atoms with Gasteiger partial charge in [-0.15, -0.1) is 0 Å². The Balaban J connectivity index is 0.00000120. The van der Waals surface area contributed by atoms with E-state index in [-0.39, 0.29) is 39.4 Å². The average Bonchev–Trinajstić information content (AvgIpc) is 2.70. The zero-order valence-electron chi connectivity index (χ0n) is 10.6. The van der Waals surface area contributed by atoms with Gasteiger partial charge in [0.05, 0.1) is 0 Å². The summed E-state index contributed by atoms with van der Waals surface area (Å²) in [5, 5.41) is 0. The Morgan fingerprint density at radius 1 is 1.05 bits per heavy atom. The molecule has 0 spiro atoms. The fourth-order valence-corrected chi connectivity index (χ4v) is 3.96. The summed E-state index contributed by atoms with van der Waals surface area (Å²) < 4.78 is -0.0422. The number of fused-ring (bicyclic) bond motifs is 1. The van der Waals surface area contributed by atoms with Crippen LogP contribution in [0.1, 0.15) is 6.92 Å². The van der Waals surface area contributed by atoms with Crippen LogP contribution in [0.3, 0.4) is 0 Å². The van der Waals surface area contributed by atoms with E-state index in [1.54, 1.807) is 0 Å². The monoisotopic (exact) mass is 467 g/mol. The number of halogens is 4. The molecule has 0 amide bonds. The van der Waals surface area contributed by atoms with E-state index in [1.807, 2.05) is 0 Å². The smallest absolute Gasteiger partial charge is 1.00 e. The number of benzene rings is 1. The van der Waals surface area contributed by atoms with Gasteiger partial charge in [-0.3, -0.25) is 0 Å². The molecule has 0 aromatic heterocycles. The first kappa shape index (κ1) is 20.5. The van der Waals surface area contributed by atoms with Gasteiger partial charge in [-0.05, 0) is 0 Å². The molecule has 104 valence electrons. The minimum atomic E-state index is -0.0422. The normalized spacial score (nSPS) is 22.6. The molecule has 3 rings (SSSR count). The maximum atomic E-state index is 3.84. The summed E-state index contributed by atoms with van der Waals surface area (Å²) in [5.74, 6) is 0. The molecule has 20 heavy (non-hydrogen) atoms. The largest absolute Gasteiger partial charge is 1.00 e. The minimum absolute atomic E-state index is 0. The second kappa shape index (κ2) is 7.65. The number of allylic oxidation sites excluding steroid dienone is 3. The molecular weight excluding hydrogens is 460 g/mol. The molecule has 0 fully saturated rings. The van der Waals surface area contributed by atoms with Gasteiger partial charge < -0.3 is 37.2 Å². The Morgan fingerprint density at radius 2 is 1.65 bits per heavy atom. The molecule has 6 heteroatoms. The second-order valence-corrected chi connectivity index (χ2v) is 9.24. The molecule has 0 saturated carbocycles. The molecule has 0 radical (unpaired) electrons. The van der Waals surface area contributed by atoms with Crippen molar-refractivity contribution in [3.63, 3.8) is 0 Å². The summed E-state index contributed by atoms with van der Waals surface area (Å²) in [5.41, 5.74) is 5.20. The van der Waals surface area contributed by atoms with E-state index in [2.05, 4.69) is 76.3 Å². The molecule has 1 aliphatic heterocycles. The molecule has 0 saturated heterocycles. The number of hydrogen-bond donors (Lipinski definition) is 0. The van der Waals surface area contributed by atoms with Crippen molar-refractivity contribution in [3.8, 4) is 0 Å². The van der Waals surface area contributed by atoms with Crippen LogP contribution in [0, 0.1) is 0 Å². The van der Waals surface area contributed by atoms with Crippen LogP contribution in [0.4, 0.5) is 5.69 Å². The molecule has 1 aromatic rings. The van der Waals surface area contributed by atoms with E-state index in [1.165, 1.54) is 47.2 Å². The molecule has 1 atom stereocenters. The van der Waals surface area contributed by atoms with Crippen LogP contribution in [0.2, 0.25) is 0 Å². The van der Waals surface area contributed by atoms with Gasteiger partial charge in [-0.25, -0.2) is 0 Å². The van der Waals surface area contributed by atoms with Gasteiger partial charge >= 0.3 is 126 Å². The van der Waals surface area contributed by atoms with Gasteiger partial charge in [-0.2, -0.15) is 0 Å². The Kier molecular flexibility index (Phi) is 7.83. The third kappa shape index (κ3) is 3.62. The van der Waals surface area contributed by atoms with Gasteiger partial charge in [0, 0.05) is 0 Å². The van der Waals surface area contributed by atoms with Crippen molar-refractivity contribution in [2.24, 2.45) is 0 Å². The first-order chi connectivity index (χ1) is 8.08. The molecular formula is C14H11BrCl3NZr. The van der Waals surface area contributed by atoms with Crippen molar-refractivity contribution in [1.29, 1.82) is 0 Å². The van der Waals surface area contributed by atoms with E-state index in [4.69, 9.17) is 0 Å². The molecule has 1 nitrogen and oxygen atoms in total. The number of para-hydroxylation sites is 1. The molecule has 1 unspecified atom stereocenters. The van der Waals surface area contributed by atoms with Crippen LogP contribution in [-0.2, 0) is 24.7 Å². The molecule has 1 aromatic carbocycles. The zero-order valence-corrected chi connectivity index (χ0v) is 16.9. The van der Waals surface area contributed by atoms with Gasteiger partial charge in [-0.1, -0.05) is 0 Å². The molecule has 1 heterocycles. The maximum absolute atomic E-state index is 3.84. The standard InChI is InChI=1S/C14H11BrN.3ClH.Zr/c1-10-7-11-9-14(15)16(13(11)8-10)12-5-3-2-4-6-12;;;;/h2-9H,1H3;3*1H;/q;;;;+3/p-3. The maximum Gasteiger partial charge on any atom is -1.00 e. The third-order valence-electron chi connectivity index (χ3n) is 2.97. The van der Waals surface area contributed by atoms with Crippen LogP contribution in [-0.4, -0.2) is 2.16 Å². The summed E-state index contributed by atoms with van der Waals surface area (Å²) in [7, 11) is 0. The SMILES string of the molecule is CC1=CC2=C[C](Br)([Zr+3])N(c3ccccc3)C2=C1.[Cl-].[Cl-].[Cl-]. The first-order valence-electron chi connectivity index (χ1n) is 5.50. The van der Waals surface area contributed by atoms with E-state index in [9.17, 15) is 0 Å². The van der Waals surface area contributed by atoms with Crippen molar-refractivity contribution in [3.05, 3.63) is 65.4 Å². The third-order valence-corrected chi connectivity index (χ3v) is 4.46. The number of rotatable bonds is 1. The Bertz CT molecular complexity index is 567. The molecule has 0 bridgehead atoms. The predicted molar refractivity (Wildman–Crippen MR) is 70.5 cm³/mol. The van der Waals surface area contributed by atoms with Crippen LogP contribution in [0.5, 0.6) is 0 Å². The summed E-state index contributed by atoms with van der Waals surface area (Å²) in [6, 6.07) is 10.5. The number of anilines is 1. The number of nitrogens with zero attached hydrogens (tertiary/aromatic N) is 1. The van der Waals surface area contributed by atoms with E-state index in [0.717, 1.165) is 0 Å². The van der Waals surface area contributed by atoms with Crippen molar-refractivity contribution < 1.29 is 61.9 Å². The number of hydrogen-bond acceptors (Lipinski definition) is 1.